The molecule has 0 fully saturated rings. The van der Waals surface area contributed by atoms with Crippen LogP contribution in [0.25, 0.3) is 28.5 Å². The molecule has 3 aromatic heterocycles. The number of nitrogens with zero attached hydrogens (tertiary/aromatic N) is 3. The number of allylic oxidation sites excluding steroid dienone is 1. The Morgan fingerprint density at radius 3 is 1.36 bits per heavy atom. The molecule has 42 heavy (non-hydrogen) atoms. The molecule has 5 aromatic rings. The van der Waals surface area contributed by atoms with Crippen LogP contribution in [0.15, 0.2) is 134 Å². The Balaban J connectivity index is 0.000000349. The molecule has 0 aliphatic heterocycles. The maximum absolute atomic E-state index is 11.8. The van der Waals surface area contributed by atoms with E-state index < -0.39 is 10.2 Å². The van der Waals surface area contributed by atoms with Gasteiger partial charge in [0.25, 0.3) is 0 Å². The van der Waals surface area contributed by atoms with Gasteiger partial charge in [0, 0.05) is 18.0 Å². The smallest absolute Gasteiger partial charge is 0.872 e. The first-order valence-corrected chi connectivity index (χ1v) is 12.9. The summed E-state index contributed by atoms with van der Waals surface area (Å²) < 4.78 is 34.0. The number of rotatable bonds is 5. The largest absolute Gasteiger partial charge is 2.00 e. The average molecular weight is 634 g/mol. The molecule has 0 aliphatic carbocycles. The zero-order valence-electron chi connectivity index (χ0n) is 21.8. The average Bonchev–Trinajstić information content (AvgIpc) is 2.98. The molecular weight excluding hydrogens is 608 g/mol. The molecule has 0 atom stereocenters. The first kappa shape index (κ1) is 35.7. The Hall–Kier alpha value is -4.32. The van der Waals surface area contributed by atoms with Gasteiger partial charge in [-0.1, -0.05) is 84.6 Å². The van der Waals surface area contributed by atoms with E-state index in [4.69, 9.17) is 18.6 Å². The molecule has 0 saturated heterocycles. The van der Waals surface area contributed by atoms with Gasteiger partial charge in [-0.2, -0.15) is 0 Å². The molecule has 0 bridgehead atoms. The molecule has 0 aliphatic rings. The van der Waals surface area contributed by atoms with Gasteiger partial charge in [-0.3, -0.25) is 14.8 Å². The Morgan fingerprint density at radius 2 is 0.952 bits per heavy atom. The Kier molecular flexibility index (Phi) is 15.5. The molecule has 0 saturated carbocycles. The van der Waals surface area contributed by atoms with Crippen LogP contribution >= 0.6 is 0 Å². The number of hydrogen-bond donors (Lipinski definition) is 0. The molecule has 3 heterocycles. The molecule has 0 radical (unpaired) electrons. The Labute approximate surface area is 254 Å². The van der Waals surface area contributed by atoms with Gasteiger partial charge in [0.2, 0.25) is 0 Å². The first-order chi connectivity index (χ1) is 19.2. The van der Waals surface area contributed by atoms with Crippen molar-refractivity contribution in [3.05, 3.63) is 145 Å². The van der Waals surface area contributed by atoms with Crippen molar-refractivity contribution >= 4 is 11.5 Å². The summed E-state index contributed by atoms with van der Waals surface area (Å²) in [7, 11) is -4.94. The van der Waals surface area contributed by atoms with Crippen LogP contribution in [0.1, 0.15) is 15.9 Å². The summed E-state index contributed by atoms with van der Waals surface area (Å²) in [4.78, 5) is 24.9. The van der Waals surface area contributed by atoms with Gasteiger partial charge in [-0.05, 0) is 48.0 Å². The summed E-state index contributed by atoms with van der Waals surface area (Å²) in [5.41, 5.74) is 4.51. The van der Waals surface area contributed by atoms with E-state index in [0.717, 1.165) is 28.9 Å². The van der Waals surface area contributed by atoms with Gasteiger partial charge < -0.3 is 10.6 Å². The van der Waals surface area contributed by atoms with Crippen molar-refractivity contribution in [3.63, 3.8) is 0 Å². The maximum Gasteiger partial charge on any atom is 2.00 e. The van der Waals surface area contributed by atoms with E-state index in [2.05, 4.69) is 15.0 Å². The number of hydrogen-bond acceptors (Lipinski definition) is 9. The first-order valence-electron chi connectivity index (χ1n) is 11.7. The van der Waals surface area contributed by atoms with Crippen molar-refractivity contribution in [2.45, 2.75) is 0 Å². The summed E-state index contributed by atoms with van der Waals surface area (Å²) in [6, 6.07) is 35.0. The summed E-state index contributed by atoms with van der Waals surface area (Å²) in [6.45, 7) is 0. The number of ketones is 1. The molecule has 5 rings (SSSR count). The van der Waals surface area contributed by atoms with Crippen LogP contribution in [0.4, 0.5) is 0 Å². The molecule has 0 unspecified atom stereocenters. The van der Waals surface area contributed by atoms with Gasteiger partial charge in [0.15, 0.2) is 5.78 Å². The van der Waals surface area contributed by atoms with E-state index in [1.54, 1.807) is 60.9 Å². The topological polar surface area (TPSA) is 204 Å². The second kappa shape index (κ2) is 18.2. The monoisotopic (exact) mass is 632 g/mol. The molecule has 3 N–H and O–H groups in total. The van der Waals surface area contributed by atoms with Crippen molar-refractivity contribution in [1.29, 1.82) is 0 Å². The van der Waals surface area contributed by atoms with Gasteiger partial charge in [0.05, 0.1) is 22.8 Å². The van der Waals surface area contributed by atoms with Gasteiger partial charge in [-0.15, -0.1) is 10.2 Å². The summed E-state index contributed by atoms with van der Waals surface area (Å²) in [5, 5.41) is 11.8. The number of carbonyl (C=O) groups excluding carboxylic acids is 1. The van der Waals surface area contributed by atoms with E-state index in [9.17, 15) is 9.90 Å². The second-order valence-corrected chi connectivity index (χ2v) is 8.58. The minimum Gasteiger partial charge on any atom is -0.872 e. The minimum atomic E-state index is -4.94. The quantitative estimate of drug-likeness (QED) is 0.0825. The zero-order chi connectivity index (χ0) is 28.8. The standard InChI is InChI=1S/C15H11N3.C15H12O2.ClHO4.Ni.H2O/c1-3-10-16-12(6-1)14-8-5-9-15(18-14)13-7-2-4-11-17-13;16-14(12-7-3-1-4-8-12)11-15(17)13-9-5-2-6-10-13;2-1(3,4)5;;/h1-11H;1-11,16H;(H,2,3,4,5);;1H2/q;;;+2;/p-1/b;14-11-;;;. The number of benzene rings is 2. The van der Waals surface area contributed by atoms with E-state index in [1.807, 2.05) is 66.7 Å². The molecule has 0 amide bonds. The maximum atomic E-state index is 11.8. The fraction of sp³-hybridized carbons (Fsp3) is 0. The van der Waals surface area contributed by atoms with Gasteiger partial charge in [-0.25, -0.2) is 23.6 Å². The summed E-state index contributed by atoms with van der Waals surface area (Å²) in [6.07, 6.45) is 4.67. The van der Waals surface area contributed by atoms with Crippen LogP contribution in [0.5, 0.6) is 0 Å². The number of aromatic nitrogens is 3. The fourth-order valence-corrected chi connectivity index (χ4v) is 3.24. The Morgan fingerprint density at radius 1 is 0.571 bits per heavy atom. The normalized spacial score (nSPS) is 10.3. The van der Waals surface area contributed by atoms with Crippen molar-refractivity contribution in [3.8, 4) is 22.8 Å². The van der Waals surface area contributed by atoms with Crippen LogP contribution in [0, 0.1) is 10.2 Å². The summed E-state index contributed by atoms with van der Waals surface area (Å²) >= 11 is 0. The number of carbonyl (C=O) groups is 1. The molecule has 12 heteroatoms. The van der Waals surface area contributed by atoms with Crippen molar-refractivity contribution < 1.29 is 60.7 Å². The second-order valence-electron chi connectivity index (χ2n) is 7.82. The van der Waals surface area contributed by atoms with Crippen molar-refractivity contribution in [1.82, 2.24) is 15.0 Å². The zero-order valence-corrected chi connectivity index (χ0v) is 23.5. The number of halogens is 1. The molecular formula is C30H25ClN3NiO7+. The SMILES string of the molecule is O=C(/C=C(\[O-])c1ccccc1)c1ccccc1.[Ni+2].[O-][Cl+3]([O-])([O-])[O-].[OH3+].c1ccc(-c2cccc(-c3ccccn3)n2)nc1. The fourth-order valence-electron chi connectivity index (χ4n) is 3.24. The molecule has 10 nitrogen and oxygen atoms in total. The molecule has 0 spiro atoms. The van der Waals surface area contributed by atoms with Crippen molar-refractivity contribution in [2.75, 3.05) is 0 Å². The third-order valence-corrected chi connectivity index (χ3v) is 4.98. The van der Waals surface area contributed by atoms with E-state index in [0.29, 0.717) is 11.1 Å². The van der Waals surface area contributed by atoms with Crippen molar-refractivity contribution in [2.24, 2.45) is 0 Å². The van der Waals surface area contributed by atoms with Crippen LogP contribution in [0.3, 0.4) is 0 Å². The third-order valence-electron chi connectivity index (χ3n) is 4.98. The van der Waals surface area contributed by atoms with Gasteiger partial charge in [0.1, 0.15) is 0 Å². The van der Waals surface area contributed by atoms with E-state index in [1.165, 1.54) is 0 Å². The van der Waals surface area contributed by atoms with Crippen LogP contribution in [0.2, 0.25) is 0 Å². The molecule has 2 aromatic carbocycles. The third kappa shape index (κ3) is 12.9. The summed E-state index contributed by atoms with van der Waals surface area (Å²) in [5.74, 6) is -0.529. The van der Waals surface area contributed by atoms with Crippen LogP contribution < -0.4 is 23.7 Å². The predicted molar refractivity (Wildman–Crippen MR) is 141 cm³/mol. The van der Waals surface area contributed by atoms with E-state index in [-0.39, 0.29) is 33.5 Å². The predicted octanol–water partition coefficient (Wildman–Crippen LogP) is -0.204. The van der Waals surface area contributed by atoms with E-state index >= 15 is 0 Å². The van der Waals surface area contributed by atoms with Crippen LogP contribution in [-0.4, -0.2) is 20.7 Å². The molecule has 218 valence electrons. The Bertz CT molecular complexity index is 1450. The van der Waals surface area contributed by atoms with Crippen LogP contribution in [-0.2, 0) is 22.0 Å². The van der Waals surface area contributed by atoms with Gasteiger partial charge >= 0.3 is 16.5 Å². The number of pyridine rings is 3. The minimum absolute atomic E-state index is 0.